The summed E-state index contributed by atoms with van der Waals surface area (Å²) in [7, 11) is 0. The lowest BCUT2D eigenvalue weighted by Gasteiger charge is -2.07. The third-order valence-corrected chi connectivity index (χ3v) is 5.20. The monoisotopic (exact) mass is 390 g/mol. The molecule has 2 heterocycles. The van der Waals surface area contributed by atoms with Crippen molar-refractivity contribution in [1.82, 2.24) is 20.3 Å². The van der Waals surface area contributed by atoms with E-state index >= 15 is 0 Å². The molecule has 5 nitrogen and oxygen atoms in total. The Morgan fingerprint density at radius 1 is 1.18 bits per heavy atom. The predicted octanol–water partition coefficient (Wildman–Crippen LogP) is 4.83. The van der Waals surface area contributed by atoms with Gasteiger partial charge in [0.2, 0.25) is 0 Å². The normalized spacial score (nSPS) is 11.0. The van der Waals surface area contributed by atoms with E-state index in [0.29, 0.717) is 22.8 Å². The van der Waals surface area contributed by atoms with Crippen molar-refractivity contribution < 1.29 is 4.79 Å². The summed E-state index contributed by atoms with van der Waals surface area (Å²) in [6.45, 7) is 4.29. The molecule has 0 saturated carbocycles. The van der Waals surface area contributed by atoms with Crippen LogP contribution in [0.4, 0.5) is 0 Å². The number of aromatic nitrogens is 3. The van der Waals surface area contributed by atoms with Crippen LogP contribution in [0.3, 0.4) is 0 Å². The summed E-state index contributed by atoms with van der Waals surface area (Å²) in [4.78, 5) is 23.8. The minimum atomic E-state index is -0.180. The highest BCUT2D eigenvalue weighted by molar-refractivity contribution is 6.33. The van der Waals surface area contributed by atoms with Gasteiger partial charge in [-0.3, -0.25) is 4.79 Å². The number of rotatable bonds is 4. The lowest BCUT2D eigenvalue weighted by molar-refractivity contribution is 0.0949. The average molecular weight is 391 g/mol. The molecule has 0 fully saturated rings. The second kappa shape index (κ2) is 7.44. The van der Waals surface area contributed by atoms with Gasteiger partial charge >= 0.3 is 0 Å². The maximum atomic E-state index is 12.4. The van der Waals surface area contributed by atoms with Crippen LogP contribution in [0.1, 0.15) is 27.2 Å². The van der Waals surface area contributed by atoms with Crippen LogP contribution in [0.15, 0.2) is 55.0 Å². The zero-order valence-electron chi connectivity index (χ0n) is 15.6. The maximum absolute atomic E-state index is 12.4. The number of aromatic amines is 1. The van der Waals surface area contributed by atoms with E-state index in [1.807, 2.05) is 36.4 Å². The van der Waals surface area contributed by atoms with Crippen LogP contribution in [-0.2, 0) is 6.54 Å². The van der Waals surface area contributed by atoms with Crippen molar-refractivity contribution in [1.29, 1.82) is 0 Å². The zero-order chi connectivity index (χ0) is 19.7. The minimum absolute atomic E-state index is 0.180. The molecule has 6 heteroatoms. The van der Waals surface area contributed by atoms with Crippen molar-refractivity contribution in [3.05, 3.63) is 82.4 Å². The van der Waals surface area contributed by atoms with E-state index in [4.69, 9.17) is 11.6 Å². The molecule has 2 N–H and O–H groups in total. The highest BCUT2D eigenvalue weighted by Crippen LogP contribution is 2.34. The second-order valence-corrected chi connectivity index (χ2v) is 7.10. The lowest BCUT2D eigenvalue weighted by atomic mass is 10.0. The molecule has 0 aliphatic heterocycles. The first-order valence-electron chi connectivity index (χ1n) is 8.95. The van der Waals surface area contributed by atoms with Gasteiger partial charge in [-0.2, -0.15) is 0 Å². The van der Waals surface area contributed by atoms with Crippen LogP contribution >= 0.6 is 11.6 Å². The number of nitrogens with zero attached hydrogens (tertiary/aromatic N) is 2. The van der Waals surface area contributed by atoms with Crippen LogP contribution in [-0.4, -0.2) is 20.9 Å². The van der Waals surface area contributed by atoms with E-state index in [0.717, 1.165) is 33.3 Å². The molecule has 0 radical (unpaired) electrons. The number of benzene rings is 2. The molecule has 0 saturated heterocycles. The van der Waals surface area contributed by atoms with Crippen molar-refractivity contribution in [2.24, 2.45) is 0 Å². The first kappa shape index (κ1) is 18.2. The van der Waals surface area contributed by atoms with Crippen LogP contribution in [0.2, 0.25) is 5.02 Å². The summed E-state index contributed by atoms with van der Waals surface area (Å²) >= 11 is 6.37. The van der Waals surface area contributed by atoms with E-state index in [2.05, 4.69) is 33.3 Å². The molecular weight excluding hydrogens is 372 g/mol. The van der Waals surface area contributed by atoms with E-state index in [-0.39, 0.29) is 5.91 Å². The van der Waals surface area contributed by atoms with Crippen molar-refractivity contribution in [2.45, 2.75) is 20.4 Å². The SMILES string of the molecule is Cc1ncncc1C(=O)NCc1ccc2[nH]c(-c3ccccc3Cl)c(C)c2c1. The molecule has 4 rings (SSSR count). The van der Waals surface area contributed by atoms with Crippen LogP contribution in [0, 0.1) is 13.8 Å². The van der Waals surface area contributed by atoms with Gasteiger partial charge in [0, 0.05) is 34.2 Å². The first-order valence-corrected chi connectivity index (χ1v) is 9.33. The average Bonchev–Trinajstić information content (AvgIpc) is 3.03. The molecule has 140 valence electrons. The third kappa shape index (κ3) is 3.37. The summed E-state index contributed by atoms with van der Waals surface area (Å²) in [6.07, 6.45) is 2.97. The summed E-state index contributed by atoms with van der Waals surface area (Å²) < 4.78 is 0. The van der Waals surface area contributed by atoms with E-state index in [9.17, 15) is 4.79 Å². The molecule has 0 bridgehead atoms. The van der Waals surface area contributed by atoms with Crippen LogP contribution in [0.25, 0.3) is 22.2 Å². The zero-order valence-corrected chi connectivity index (χ0v) is 16.3. The number of carbonyl (C=O) groups is 1. The van der Waals surface area contributed by atoms with Gasteiger partial charge in [0.15, 0.2) is 0 Å². The van der Waals surface area contributed by atoms with E-state index < -0.39 is 0 Å². The number of aryl methyl sites for hydroxylation is 2. The number of halogens is 1. The van der Waals surface area contributed by atoms with Gasteiger partial charge in [0.1, 0.15) is 6.33 Å². The largest absolute Gasteiger partial charge is 0.354 e. The van der Waals surface area contributed by atoms with Crippen LogP contribution < -0.4 is 5.32 Å². The Kier molecular flexibility index (Phi) is 4.84. The number of H-pyrrole nitrogens is 1. The number of carbonyl (C=O) groups excluding carboxylic acids is 1. The molecule has 28 heavy (non-hydrogen) atoms. The topological polar surface area (TPSA) is 70.7 Å². The van der Waals surface area contributed by atoms with Gasteiger partial charge in [0.05, 0.1) is 17.0 Å². The Hall–Kier alpha value is -3.18. The molecule has 4 aromatic rings. The summed E-state index contributed by atoms with van der Waals surface area (Å²) in [5.41, 5.74) is 6.32. The predicted molar refractivity (Wildman–Crippen MR) is 111 cm³/mol. The molecule has 1 amide bonds. The molecule has 0 aliphatic carbocycles. The molecular formula is C22H19ClN4O. The maximum Gasteiger partial charge on any atom is 0.254 e. The number of amides is 1. The Morgan fingerprint density at radius 2 is 2.00 bits per heavy atom. The second-order valence-electron chi connectivity index (χ2n) is 6.69. The fraction of sp³-hybridized carbons (Fsp3) is 0.136. The van der Waals surface area contributed by atoms with Crippen molar-refractivity contribution >= 4 is 28.4 Å². The standard InChI is InChI=1S/C22H19ClN4O/c1-13-17-9-15(10-25-22(28)18-11-24-12-26-14(18)2)7-8-20(17)27-21(13)16-5-3-4-6-19(16)23/h3-9,11-12,27H,10H2,1-2H3,(H,25,28). The summed E-state index contributed by atoms with van der Waals surface area (Å²) in [5, 5.41) is 4.76. The number of nitrogens with one attached hydrogen (secondary N) is 2. The number of fused-ring (bicyclic) bond motifs is 1. The molecule has 0 aliphatic rings. The van der Waals surface area contributed by atoms with Gasteiger partial charge < -0.3 is 10.3 Å². The Labute approximate surface area is 167 Å². The van der Waals surface area contributed by atoms with Gasteiger partial charge in [0.25, 0.3) is 5.91 Å². The highest BCUT2D eigenvalue weighted by Gasteiger charge is 2.13. The number of hydrogen-bond acceptors (Lipinski definition) is 3. The van der Waals surface area contributed by atoms with Gasteiger partial charge in [-0.15, -0.1) is 0 Å². The fourth-order valence-electron chi connectivity index (χ4n) is 3.31. The van der Waals surface area contributed by atoms with Crippen molar-refractivity contribution in [3.63, 3.8) is 0 Å². The Bertz CT molecular complexity index is 1180. The van der Waals surface area contributed by atoms with Crippen LogP contribution in [0.5, 0.6) is 0 Å². The molecule has 0 atom stereocenters. The quantitative estimate of drug-likeness (QED) is 0.524. The lowest BCUT2D eigenvalue weighted by Crippen LogP contribution is -2.24. The summed E-state index contributed by atoms with van der Waals surface area (Å²) in [5.74, 6) is -0.180. The summed E-state index contributed by atoms with van der Waals surface area (Å²) in [6, 6.07) is 13.9. The Balaban J connectivity index is 1.60. The Morgan fingerprint density at radius 3 is 2.79 bits per heavy atom. The highest BCUT2D eigenvalue weighted by atomic mass is 35.5. The third-order valence-electron chi connectivity index (χ3n) is 4.88. The van der Waals surface area contributed by atoms with Crippen molar-refractivity contribution in [3.8, 4) is 11.3 Å². The molecule has 0 unspecified atom stereocenters. The van der Waals surface area contributed by atoms with Gasteiger partial charge in [-0.05, 0) is 43.2 Å². The molecule has 2 aromatic carbocycles. The van der Waals surface area contributed by atoms with Gasteiger partial charge in [-0.25, -0.2) is 9.97 Å². The minimum Gasteiger partial charge on any atom is -0.354 e. The molecule has 0 spiro atoms. The number of hydrogen-bond donors (Lipinski definition) is 2. The molecule has 2 aromatic heterocycles. The first-order chi connectivity index (χ1) is 13.5. The van der Waals surface area contributed by atoms with Gasteiger partial charge in [-0.1, -0.05) is 35.9 Å². The smallest absolute Gasteiger partial charge is 0.254 e. The van der Waals surface area contributed by atoms with Crippen molar-refractivity contribution in [2.75, 3.05) is 0 Å². The van der Waals surface area contributed by atoms with E-state index in [1.54, 1.807) is 6.92 Å². The fourth-order valence-corrected chi connectivity index (χ4v) is 3.54. The van der Waals surface area contributed by atoms with E-state index in [1.165, 1.54) is 12.5 Å².